The van der Waals surface area contributed by atoms with Crippen molar-refractivity contribution >= 4 is 21.4 Å². The van der Waals surface area contributed by atoms with Crippen LogP contribution in [0.1, 0.15) is 18.4 Å². The van der Waals surface area contributed by atoms with Crippen molar-refractivity contribution in [2.45, 2.75) is 30.5 Å². The Bertz CT molecular complexity index is 409. The van der Waals surface area contributed by atoms with E-state index in [4.69, 9.17) is 5.73 Å². The number of aryl methyl sites for hydroxylation is 1. The first-order valence-corrected chi connectivity index (χ1v) is 6.94. The van der Waals surface area contributed by atoms with Gasteiger partial charge in [-0.1, -0.05) is 6.92 Å². The molecular weight excluding hydrogens is 234 g/mol. The molecule has 1 heterocycles. The van der Waals surface area contributed by atoms with Crippen molar-refractivity contribution in [1.29, 1.82) is 0 Å². The van der Waals surface area contributed by atoms with Crippen molar-refractivity contribution in [3.8, 4) is 0 Å². The molecule has 1 atom stereocenters. The Kier molecular flexibility index (Phi) is 4.21. The molecule has 1 unspecified atom stereocenters. The number of thiazole rings is 1. The summed E-state index contributed by atoms with van der Waals surface area (Å²) >= 11 is 1.16. The maximum absolute atomic E-state index is 11.8. The van der Waals surface area contributed by atoms with Crippen LogP contribution in [0.5, 0.6) is 0 Å². The molecule has 86 valence electrons. The fraction of sp³-hybridized carbons (Fsp3) is 0.625. The van der Waals surface area contributed by atoms with Gasteiger partial charge >= 0.3 is 0 Å². The molecule has 0 fully saturated rings. The Balaban J connectivity index is 2.84. The Labute approximate surface area is 93.8 Å². The molecule has 0 saturated heterocycles. The predicted molar refractivity (Wildman–Crippen MR) is 60.3 cm³/mol. The van der Waals surface area contributed by atoms with E-state index in [1.165, 1.54) is 6.20 Å². The summed E-state index contributed by atoms with van der Waals surface area (Å²) in [4.78, 5) is 3.91. The van der Waals surface area contributed by atoms with E-state index in [1.807, 2.05) is 6.92 Å². The number of nitrogens with two attached hydrogens (primary N) is 1. The van der Waals surface area contributed by atoms with Crippen LogP contribution in [0, 0.1) is 6.92 Å². The van der Waals surface area contributed by atoms with Gasteiger partial charge in [0.1, 0.15) is 0 Å². The van der Waals surface area contributed by atoms with E-state index in [0.717, 1.165) is 16.3 Å². The fourth-order valence-corrected chi connectivity index (χ4v) is 3.50. The van der Waals surface area contributed by atoms with E-state index < -0.39 is 10.0 Å². The van der Waals surface area contributed by atoms with Crippen molar-refractivity contribution in [3.05, 3.63) is 11.2 Å². The highest BCUT2D eigenvalue weighted by Crippen LogP contribution is 2.17. The summed E-state index contributed by atoms with van der Waals surface area (Å²) in [5, 5.41) is 0.733. The van der Waals surface area contributed by atoms with E-state index in [0.29, 0.717) is 13.0 Å². The highest BCUT2D eigenvalue weighted by atomic mass is 32.2. The SMILES string of the molecule is CCC(CN)NS(=O)(=O)c1cnc(C)s1. The summed E-state index contributed by atoms with van der Waals surface area (Å²) in [6.07, 6.45) is 2.04. The Morgan fingerprint density at radius 1 is 1.67 bits per heavy atom. The molecule has 1 aromatic heterocycles. The van der Waals surface area contributed by atoms with Gasteiger partial charge in [0.15, 0.2) is 4.21 Å². The van der Waals surface area contributed by atoms with E-state index in [2.05, 4.69) is 9.71 Å². The zero-order valence-corrected chi connectivity index (χ0v) is 10.4. The van der Waals surface area contributed by atoms with Gasteiger partial charge in [-0.25, -0.2) is 18.1 Å². The number of aromatic nitrogens is 1. The quantitative estimate of drug-likeness (QED) is 0.794. The molecule has 0 aromatic carbocycles. The molecule has 0 aliphatic carbocycles. The average Bonchev–Trinajstić information content (AvgIpc) is 2.62. The van der Waals surface area contributed by atoms with Crippen LogP contribution in [0.4, 0.5) is 0 Å². The minimum absolute atomic E-state index is 0.211. The summed E-state index contributed by atoms with van der Waals surface area (Å²) in [7, 11) is -3.44. The molecule has 0 bridgehead atoms. The second-order valence-electron chi connectivity index (χ2n) is 3.16. The van der Waals surface area contributed by atoms with E-state index in [1.54, 1.807) is 6.92 Å². The average molecular weight is 249 g/mol. The lowest BCUT2D eigenvalue weighted by atomic mass is 10.2. The molecule has 3 N–H and O–H groups in total. The minimum atomic E-state index is -3.44. The van der Waals surface area contributed by atoms with Crippen molar-refractivity contribution in [1.82, 2.24) is 9.71 Å². The summed E-state index contributed by atoms with van der Waals surface area (Å²) in [6, 6.07) is -0.211. The van der Waals surface area contributed by atoms with E-state index >= 15 is 0 Å². The van der Waals surface area contributed by atoms with E-state index in [-0.39, 0.29) is 10.3 Å². The molecule has 0 radical (unpaired) electrons. The molecule has 15 heavy (non-hydrogen) atoms. The number of hydrogen-bond donors (Lipinski definition) is 2. The minimum Gasteiger partial charge on any atom is -0.329 e. The second kappa shape index (κ2) is 5.02. The lowest BCUT2D eigenvalue weighted by molar-refractivity contribution is 0.544. The van der Waals surface area contributed by atoms with Gasteiger partial charge < -0.3 is 5.73 Å². The van der Waals surface area contributed by atoms with Gasteiger partial charge in [-0.05, 0) is 13.3 Å². The smallest absolute Gasteiger partial charge is 0.251 e. The van der Waals surface area contributed by atoms with Gasteiger partial charge in [0.25, 0.3) is 10.0 Å². The van der Waals surface area contributed by atoms with Crippen LogP contribution in [-0.4, -0.2) is 26.0 Å². The maximum atomic E-state index is 11.8. The first-order valence-electron chi connectivity index (χ1n) is 4.64. The fourth-order valence-electron chi connectivity index (χ4n) is 1.04. The van der Waals surface area contributed by atoms with Crippen molar-refractivity contribution in [2.75, 3.05) is 6.54 Å². The third-order valence-corrected chi connectivity index (χ3v) is 4.86. The molecule has 0 aliphatic heterocycles. The zero-order chi connectivity index (χ0) is 11.5. The van der Waals surface area contributed by atoms with Gasteiger partial charge in [-0.15, -0.1) is 11.3 Å². The van der Waals surface area contributed by atoms with Crippen LogP contribution >= 0.6 is 11.3 Å². The number of nitrogens with one attached hydrogen (secondary N) is 1. The number of nitrogens with zero attached hydrogens (tertiary/aromatic N) is 1. The molecule has 5 nitrogen and oxygen atoms in total. The lowest BCUT2D eigenvalue weighted by Crippen LogP contribution is -2.39. The van der Waals surface area contributed by atoms with Crippen molar-refractivity contribution in [2.24, 2.45) is 5.73 Å². The van der Waals surface area contributed by atoms with Crippen LogP contribution in [0.2, 0.25) is 0 Å². The molecular formula is C8H15N3O2S2. The summed E-state index contributed by atoms with van der Waals surface area (Å²) in [6.45, 7) is 3.95. The van der Waals surface area contributed by atoms with Gasteiger partial charge in [-0.2, -0.15) is 0 Å². The van der Waals surface area contributed by atoms with Gasteiger partial charge in [0.2, 0.25) is 0 Å². The molecule has 1 rings (SSSR count). The highest BCUT2D eigenvalue weighted by molar-refractivity contribution is 7.91. The van der Waals surface area contributed by atoms with Crippen LogP contribution in [0.25, 0.3) is 0 Å². The van der Waals surface area contributed by atoms with Crippen LogP contribution < -0.4 is 10.5 Å². The first-order chi connectivity index (χ1) is 6.99. The zero-order valence-electron chi connectivity index (χ0n) is 8.73. The number of hydrogen-bond acceptors (Lipinski definition) is 5. The topological polar surface area (TPSA) is 85.1 Å². The Hall–Kier alpha value is -0.500. The lowest BCUT2D eigenvalue weighted by Gasteiger charge is -2.13. The van der Waals surface area contributed by atoms with Gasteiger partial charge in [0.05, 0.1) is 11.2 Å². The predicted octanol–water partition coefficient (Wildman–Crippen LogP) is 0.467. The van der Waals surface area contributed by atoms with Crippen LogP contribution in [0.3, 0.4) is 0 Å². The molecule has 0 aliphatic rings. The molecule has 0 spiro atoms. The molecule has 1 aromatic rings. The first kappa shape index (κ1) is 12.6. The standard InChI is InChI=1S/C8H15N3O2S2/c1-3-7(4-9)11-15(12,13)8-5-10-6(2)14-8/h5,7,11H,3-4,9H2,1-2H3. The van der Waals surface area contributed by atoms with Crippen molar-refractivity contribution < 1.29 is 8.42 Å². The number of sulfonamides is 1. The summed E-state index contributed by atoms with van der Waals surface area (Å²) in [5.41, 5.74) is 5.43. The molecule has 7 heteroatoms. The Morgan fingerprint density at radius 3 is 2.73 bits per heavy atom. The monoisotopic (exact) mass is 249 g/mol. The number of rotatable bonds is 5. The van der Waals surface area contributed by atoms with Gasteiger partial charge in [0, 0.05) is 12.6 Å². The second-order valence-corrected chi connectivity index (χ2v) is 6.34. The van der Waals surface area contributed by atoms with Crippen molar-refractivity contribution in [3.63, 3.8) is 0 Å². The normalized spacial score (nSPS) is 14.1. The van der Waals surface area contributed by atoms with Gasteiger partial charge in [-0.3, -0.25) is 0 Å². The van der Waals surface area contributed by atoms with E-state index in [9.17, 15) is 8.42 Å². The largest absolute Gasteiger partial charge is 0.329 e. The summed E-state index contributed by atoms with van der Waals surface area (Å²) in [5.74, 6) is 0. The molecule has 0 amide bonds. The maximum Gasteiger partial charge on any atom is 0.251 e. The Morgan fingerprint density at radius 2 is 2.33 bits per heavy atom. The highest BCUT2D eigenvalue weighted by Gasteiger charge is 2.20. The van der Waals surface area contributed by atoms with Crippen LogP contribution in [0.15, 0.2) is 10.4 Å². The van der Waals surface area contributed by atoms with Crippen LogP contribution in [-0.2, 0) is 10.0 Å². The third-order valence-electron chi connectivity index (χ3n) is 1.96. The third kappa shape index (κ3) is 3.23. The molecule has 0 saturated carbocycles. The summed E-state index contributed by atoms with van der Waals surface area (Å²) < 4.78 is 26.3.